The molecule has 1 N–H and O–H groups in total. The Morgan fingerprint density at radius 1 is 1.19 bits per heavy atom. The highest BCUT2D eigenvalue weighted by atomic mass is 16.5. The third-order valence-electron chi connectivity index (χ3n) is 3.32. The Morgan fingerprint density at radius 2 is 2.00 bits per heavy atom. The van der Waals surface area contributed by atoms with Gasteiger partial charge in [-0.1, -0.05) is 18.2 Å². The molecule has 0 atom stereocenters. The van der Waals surface area contributed by atoms with E-state index in [0.717, 1.165) is 5.82 Å². The zero-order chi connectivity index (χ0) is 15.2. The second-order valence-electron chi connectivity index (χ2n) is 4.92. The lowest BCUT2D eigenvalue weighted by molar-refractivity contribution is 0.0526. The van der Waals surface area contributed by atoms with Gasteiger partial charge < -0.3 is 10.1 Å². The molecule has 0 radical (unpaired) electrons. The molecule has 1 aromatic carbocycles. The SMILES string of the molecule is CCOC(=O)c1ccc(NCc2ccc(C)c(C)c2)nc1. The van der Waals surface area contributed by atoms with E-state index in [2.05, 4.69) is 42.3 Å². The summed E-state index contributed by atoms with van der Waals surface area (Å²) in [6, 6.07) is 9.88. The summed E-state index contributed by atoms with van der Waals surface area (Å²) in [6.45, 7) is 7.05. The highest BCUT2D eigenvalue weighted by Gasteiger charge is 2.06. The first-order chi connectivity index (χ1) is 10.1. The summed E-state index contributed by atoms with van der Waals surface area (Å²) < 4.78 is 4.92. The Kier molecular flexibility index (Phi) is 4.93. The zero-order valence-electron chi connectivity index (χ0n) is 12.6. The van der Waals surface area contributed by atoms with E-state index in [4.69, 9.17) is 4.74 Å². The van der Waals surface area contributed by atoms with Crippen LogP contribution < -0.4 is 5.32 Å². The number of hydrogen-bond acceptors (Lipinski definition) is 4. The molecule has 0 bridgehead atoms. The molecule has 110 valence electrons. The minimum Gasteiger partial charge on any atom is -0.462 e. The molecule has 0 aliphatic carbocycles. The van der Waals surface area contributed by atoms with E-state index in [1.165, 1.54) is 22.9 Å². The molecule has 0 aliphatic heterocycles. The zero-order valence-corrected chi connectivity index (χ0v) is 12.6. The van der Waals surface area contributed by atoms with Crippen molar-refractivity contribution in [3.05, 3.63) is 58.8 Å². The van der Waals surface area contributed by atoms with Gasteiger partial charge in [-0.2, -0.15) is 0 Å². The van der Waals surface area contributed by atoms with Crippen molar-refractivity contribution in [3.63, 3.8) is 0 Å². The first kappa shape index (κ1) is 15.0. The van der Waals surface area contributed by atoms with E-state index in [-0.39, 0.29) is 5.97 Å². The van der Waals surface area contributed by atoms with Gasteiger partial charge in [0.05, 0.1) is 12.2 Å². The monoisotopic (exact) mass is 284 g/mol. The maximum absolute atomic E-state index is 11.5. The largest absolute Gasteiger partial charge is 0.462 e. The smallest absolute Gasteiger partial charge is 0.339 e. The topological polar surface area (TPSA) is 51.2 Å². The highest BCUT2D eigenvalue weighted by molar-refractivity contribution is 5.89. The number of nitrogens with zero attached hydrogens (tertiary/aromatic N) is 1. The van der Waals surface area contributed by atoms with Crippen LogP contribution in [-0.4, -0.2) is 17.6 Å². The van der Waals surface area contributed by atoms with Crippen LogP contribution in [0.25, 0.3) is 0 Å². The molecule has 0 amide bonds. The average molecular weight is 284 g/mol. The second kappa shape index (κ2) is 6.88. The Hall–Kier alpha value is -2.36. The van der Waals surface area contributed by atoms with E-state index >= 15 is 0 Å². The predicted octanol–water partition coefficient (Wildman–Crippen LogP) is 3.49. The van der Waals surface area contributed by atoms with Crippen LogP contribution in [0.3, 0.4) is 0 Å². The number of anilines is 1. The van der Waals surface area contributed by atoms with E-state index in [9.17, 15) is 4.79 Å². The van der Waals surface area contributed by atoms with Crippen molar-refractivity contribution >= 4 is 11.8 Å². The van der Waals surface area contributed by atoms with Gasteiger partial charge in [0.1, 0.15) is 5.82 Å². The molecule has 4 heteroatoms. The normalized spacial score (nSPS) is 10.2. The number of aryl methyl sites for hydroxylation is 2. The lowest BCUT2D eigenvalue weighted by atomic mass is 10.1. The lowest BCUT2D eigenvalue weighted by Crippen LogP contribution is -2.06. The predicted molar refractivity (Wildman–Crippen MR) is 83.4 cm³/mol. The average Bonchev–Trinajstić information content (AvgIpc) is 2.49. The molecule has 21 heavy (non-hydrogen) atoms. The number of aromatic nitrogens is 1. The van der Waals surface area contributed by atoms with Gasteiger partial charge in [0, 0.05) is 12.7 Å². The summed E-state index contributed by atoms with van der Waals surface area (Å²) in [6.07, 6.45) is 1.53. The third kappa shape index (κ3) is 4.05. The molecule has 0 unspecified atom stereocenters. The fourth-order valence-electron chi connectivity index (χ4n) is 1.94. The summed E-state index contributed by atoms with van der Waals surface area (Å²) in [4.78, 5) is 15.7. The number of nitrogens with one attached hydrogen (secondary N) is 1. The van der Waals surface area contributed by atoms with Crippen molar-refractivity contribution in [3.8, 4) is 0 Å². The molecule has 1 aromatic heterocycles. The van der Waals surface area contributed by atoms with Gasteiger partial charge in [0.15, 0.2) is 0 Å². The Labute approximate surface area is 125 Å². The quantitative estimate of drug-likeness (QED) is 0.854. The van der Waals surface area contributed by atoms with Crippen molar-refractivity contribution in [2.24, 2.45) is 0 Å². The maximum atomic E-state index is 11.5. The van der Waals surface area contributed by atoms with E-state index in [0.29, 0.717) is 18.7 Å². The van der Waals surface area contributed by atoms with Gasteiger partial charge in [-0.05, 0) is 49.6 Å². The number of carbonyl (C=O) groups is 1. The third-order valence-corrected chi connectivity index (χ3v) is 3.32. The minimum atomic E-state index is -0.342. The van der Waals surface area contributed by atoms with Crippen molar-refractivity contribution in [2.45, 2.75) is 27.3 Å². The van der Waals surface area contributed by atoms with Crippen LogP contribution in [-0.2, 0) is 11.3 Å². The van der Waals surface area contributed by atoms with Crippen LogP contribution in [0.5, 0.6) is 0 Å². The van der Waals surface area contributed by atoms with E-state index in [1.807, 2.05) is 0 Å². The van der Waals surface area contributed by atoms with Crippen molar-refractivity contribution in [1.29, 1.82) is 0 Å². The van der Waals surface area contributed by atoms with Crippen LogP contribution in [0.2, 0.25) is 0 Å². The second-order valence-corrected chi connectivity index (χ2v) is 4.92. The Balaban J connectivity index is 1.97. The van der Waals surface area contributed by atoms with E-state index < -0.39 is 0 Å². The fraction of sp³-hybridized carbons (Fsp3) is 0.294. The molecular weight excluding hydrogens is 264 g/mol. The van der Waals surface area contributed by atoms with Crippen LogP contribution >= 0.6 is 0 Å². The molecule has 1 heterocycles. The van der Waals surface area contributed by atoms with Gasteiger partial charge in [-0.15, -0.1) is 0 Å². The van der Waals surface area contributed by atoms with Crippen molar-refractivity contribution in [2.75, 3.05) is 11.9 Å². The summed E-state index contributed by atoms with van der Waals surface area (Å²) in [7, 11) is 0. The maximum Gasteiger partial charge on any atom is 0.339 e. The first-order valence-electron chi connectivity index (χ1n) is 7.03. The Bertz CT molecular complexity index is 621. The number of esters is 1. The minimum absolute atomic E-state index is 0.342. The molecule has 0 saturated carbocycles. The number of pyridine rings is 1. The summed E-state index contributed by atoms with van der Waals surface area (Å²) in [5.41, 5.74) is 4.23. The van der Waals surface area contributed by atoms with Crippen molar-refractivity contribution < 1.29 is 9.53 Å². The standard InChI is InChI=1S/C17H20N2O2/c1-4-21-17(20)15-7-8-16(19-11-15)18-10-14-6-5-12(2)13(3)9-14/h5-9,11H,4,10H2,1-3H3,(H,18,19). The van der Waals surface area contributed by atoms with Crippen LogP contribution in [0.15, 0.2) is 36.5 Å². The number of benzene rings is 1. The molecule has 0 saturated heterocycles. The van der Waals surface area contributed by atoms with Gasteiger partial charge in [-0.25, -0.2) is 9.78 Å². The fourth-order valence-corrected chi connectivity index (χ4v) is 1.94. The molecular formula is C17H20N2O2. The van der Waals surface area contributed by atoms with Crippen LogP contribution in [0, 0.1) is 13.8 Å². The molecule has 0 aliphatic rings. The van der Waals surface area contributed by atoms with E-state index in [1.54, 1.807) is 19.1 Å². The molecule has 2 aromatic rings. The first-order valence-corrected chi connectivity index (χ1v) is 7.03. The number of carbonyl (C=O) groups excluding carboxylic acids is 1. The molecule has 0 fully saturated rings. The highest BCUT2D eigenvalue weighted by Crippen LogP contribution is 2.12. The van der Waals surface area contributed by atoms with Gasteiger partial charge in [0.25, 0.3) is 0 Å². The summed E-state index contributed by atoms with van der Waals surface area (Å²) >= 11 is 0. The molecule has 0 spiro atoms. The number of ether oxygens (including phenoxy) is 1. The number of hydrogen-bond donors (Lipinski definition) is 1. The number of rotatable bonds is 5. The Morgan fingerprint density at radius 3 is 2.62 bits per heavy atom. The molecule has 2 rings (SSSR count). The van der Waals surface area contributed by atoms with Crippen LogP contribution in [0.1, 0.15) is 34.0 Å². The summed E-state index contributed by atoms with van der Waals surface area (Å²) in [5, 5.41) is 3.24. The lowest BCUT2D eigenvalue weighted by Gasteiger charge is -2.08. The van der Waals surface area contributed by atoms with Crippen LogP contribution in [0.4, 0.5) is 5.82 Å². The van der Waals surface area contributed by atoms with Gasteiger partial charge in [-0.3, -0.25) is 0 Å². The van der Waals surface area contributed by atoms with Gasteiger partial charge >= 0.3 is 5.97 Å². The summed E-state index contributed by atoms with van der Waals surface area (Å²) in [5.74, 6) is 0.395. The molecule has 4 nitrogen and oxygen atoms in total. The van der Waals surface area contributed by atoms with Crippen molar-refractivity contribution in [1.82, 2.24) is 4.98 Å². The van der Waals surface area contributed by atoms with Gasteiger partial charge in [0.2, 0.25) is 0 Å².